The van der Waals surface area contributed by atoms with E-state index in [2.05, 4.69) is 10.6 Å². The van der Waals surface area contributed by atoms with Crippen molar-refractivity contribution in [2.24, 2.45) is 0 Å². The average molecular weight is 282 g/mol. The summed E-state index contributed by atoms with van der Waals surface area (Å²) in [6.45, 7) is 2.06. The summed E-state index contributed by atoms with van der Waals surface area (Å²) in [4.78, 5) is 23.1. The smallest absolute Gasteiger partial charge is 0.319 e. The minimum Gasteiger partial charge on any atom is -0.338 e. The zero-order valence-corrected chi connectivity index (χ0v) is 11.9. The summed E-state index contributed by atoms with van der Waals surface area (Å²) in [6.07, 6.45) is 0.780. The molecule has 0 bridgehead atoms. The van der Waals surface area contributed by atoms with Gasteiger partial charge in [0.1, 0.15) is 0 Å². The van der Waals surface area contributed by atoms with Crippen LogP contribution in [0.1, 0.15) is 22.8 Å². The third-order valence-corrected chi connectivity index (χ3v) is 3.07. The fourth-order valence-electron chi connectivity index (χ4n) is 1.96. The van der Waals surface area contributed by atoms with E-state index in [4.69, 9.17) is 0 Å². The molecule has 4 nitrogen and oxygen atoms in total. The first kappa shape index (κ1) is 14.8. The Balaban J connectivity index is 1.82. The number of Topliss-reactive ketones (excluding diaryl/α,β-unsaturated/α-hetero) is 1. The number of urea groups is 1. The Bertz CT molecular complexity index is 624. The van der Waals surface area contributed by atoms with E-state index in [9.17, 15) is 9.59 Å². The quantitative estimate of drug-likeness (QED) is 0.827. The first-order valence-electron chi connectivity index (χ1n) is 6.85. The molecule has 0 atom stereocenters. The molecule has 0 saturated carbocycles. The molecule has 0 radical (unpaired) electrons. The van der Waals surface area contributed by atoms with E-state index in [1.54, 1.807) is 24.3 Å². The van der Waals surface area contributed by atoms with Gasteiger partial charge >= 0.3 is 6.03 Å². The van der Waals surface area contributed by atoms with Gasteiger partial charge in [-0.15, -0.1) is 0 Å². The van der Waals surface area contributed by atoms with Crippen molar-refractivity contribution < 1.29 is 9.59 Å². The molecule has 2 aromatic rings. The summed E-state index contributed by atoms with van der Waals surface area (Å²) < 4.78 is 0. The van der Waals surface area contributed by atoms with Crippen LogP contribution in [0.2, 0.25) is 0 Å². The number of anilines is 1. The zero-order valence-electron chi connectivity index (χ0n) is 11.9. The first-order chi connectivity index (χ1) is 10.1. The Kier molecular flexibility index (Phi) is 5.10. The van der Waals surface area contributed by atoms with Crippen LogP contribution in [0.3, 0.4) is 0 Å². The predicted molar refractivity (Wildman–Crippen MR) is 83.6 cm³/mol. The second kappa shape index (κ2) is 7.24. The Morgan fingerprint density at radius 3 is 2.48 bits per heavy atom. The normalized spacial score (nSPS) is 9.95. The van der Waals surface area contributed by atoms with Crippen LogP contribution in [0.15, 0.2) is 54.6 Å². The van der Waals surface area contributed by atoms with Gasteiger partial charge < -0.3 is 10.6 Å². The number of carbonyl (C=O) groups excluding carboxylic acids is 2. The molecule has 2 amide bonds. The van der Waals surface area contributed by atoms with Gasteiger partial charge in [0, 0.05) is 17.8 Å². The molecule has 2 rings (SSSR count). The van der Waals surface area contributed by atoms with Crippen LogP contribution < -0.4 is 10.6 Å². The largest absolute Gasteiger partial charge is 0.338 e. The van der Waals surface area contributed by atoms with Gasteiger partial charge in [-0.3, -0.25) is 4.79 Å². The molecule has 0 aliphatic rings. The minimum absolute atomic E-state index is 0.0249. The Morgan fingerprint density at radius 1 is 1.00 bits per heavy atom. The molecule has 4 heteroatoms. The highest BCUT2D eigenvalue weighted by Crippen LogP contribution is 2.10. The summed E-state index contributed by atoms with van der Waals surface area (Å²) in [6, 6.07) is 16.6. The lowest BCUT2D eigenvalue weighted by Crippen LogP contribution is -2.30. The number of hydrogen-bond acceptors (Lipinski definition) is 2. The van der Waals surface area contributed by atoms with E-state index < -0.39 is 0 Å². The van der Waals surface area contributed by atoms with Crippen molar-refractivity contribution in [3.63, 3.8) is 0 Å². The summed E-state index contributed by atoms with van der Waals surface area (Å²) in [5.74, 6) is -0.0249. The maximum absolute atomic E-state index is 11.8. The lowest BCUT2D eigenvalue weighted by Gasteiger charge is -2.08. The summed E-state index contributed by atoms with van der Waals surface area (Å²) >= 11 is 0. The van der Waals surface area contributed by atoms with Crippen LogP contribution in [-0.2, 0) is 6.42 Å². The third-order valence-electron chi connectivity index (χ3n) is 3.07. The van der Waals surface area contributed by atoms with E-state index in [-0.39, 0.29) is 11.8 Å². The number of ketones is 1. The predicted octanol–water partition coefficient (Wildman–Crippen LogP) is 3.25. The van der Waals surface area contributed by atoms with Crippen molar-refractivity contribution >= 4 is 17.5 Å². The van der Waals surface area contributed by atoms with Crippen LogP contribution in [0.25, 0.3) is 0 Å². The standard InChI is InChI=1S/C17H18N2O2/c1-13(20)15-8-5-9-16(12-15)19-17(21)18-11-10-14-6-3-2-4-7-14/h2-9,12H,10-11H2,1H3,(H2,18,19,21). The second-order valence-corrected chi connectivity index (χ2v) is 4.75. The van der Waals surface area contributed by atoms with Gasteiger partial charge in [0.2, 0.25) is 0 Å². The van der Waals surface area contributed by atoms with Crippen LogP contribution in [0.4, 0.5) is 10.5 Å². The fraction of sp³-hybridized carbons (Fsp3) is 0.176. The topological polar surface area (TPSA) is 58.2 Å². The molecule has 0 unspecified atom stereocenters. The molecule has 2 aromatic carbocycles. The van der Waals surface area contributed by atoms with E-state index in [0.29, 0.717) is 17.8 Å². The number of amides is 2. The SMILES string of the molecule is CC(=O)c1cccc(NC(=O)NCCc2ccccc2)c1. The molecule has 0 aliphatic carbocycles. The van der Waals surface area contributed by atoms with Crippen molar-refractivity contribution in [3.8, 4) is 0 Å². The number of nitrogens with one attached hydrogen (secondary N) is 2. The molecule has 0 spiro atoms. The molecule has 0 fully saturated rings. The lowest BCUT2D eigenvalue weighted by molar-refractivity contribution is 0.101. The van der Waals surface area contributed by atoms with Crippen molar-refractivity contribution in [2.45, 2.75) is 13.3 Å². The van der Waals surface area contributed by atoms with E-state index in [1.807, 2.05) is 30.3 Å². The third kappa shape index (κ3) is 4.76. The monoisotopic (exact) mass is 282 g/mol. The van der Waals surface area contributed by atoms with Gasteiger partial charge in [-0.25, -0.2) is 4.79 Å². The molecular weight excluding hydrogens is 264 g/mol. The van der Waals surface area contributed by atoms with Crippen molar-refractivity contribution in [2.75, 3.05) is 11.9 Å². The van der Waals surface area contributed by atoms with Crippen molar-refractivity contribution in [1.82, 2.24) is 5.32 Å². The van der Waals surface area contributed by atoms with Crippen LogP contribution in [0.5, 0.6) is 0 Å². The Morgan fingerprint density at radius 2 is 1.76 bits per heavy atom. The van der Waals surface area contributed by atoms with Crippen molar-refractivity contribution in [1.29, 1.82) is 0 Å². The highest BCUT2D eigenvalue weighted by Gasteiger charge is 2.04. The highest BCUT2D eigenvalue weighted by atomic mass is 16.2. The van der Waals surface area contributed by atoms with Crippen molar-refractivity contribution in [3.05, 3.63) is 65.7 Å². The Hall–Kier alpha value is -2.62. The highest BCUT2D eigenvalue weighted by molar-refractivity contribution is 5.96. The Labute approximate surface area is 124 Å². The average Bonchev–Trinajstić information content (AvgIpc) is 2.48. The summed E-state index contributed by atoms with van der Waals surface area (Å²) in [5, 5.41) is 5.51. The van der Waals surface area contributed by atoms with Gasteiger partial charge in [-0.2, -0.15) is 0 Å². The lowest BCUT2D eigenvalue weighted by atomic mass is 10.1. The van der Waals surface area contributed by atoms with Gasteiger partial charge in [0.05, 0.1) is 0 Å². The molecular formula is C17H18N2O2. The molecule has 21 heavy (non-hydrogen) atoms. The summed E-state index contributed by atoms with van der Waals surface area (Å²) in [7, 11) is 0. The maximum Gasteiger partial charge on any atom is 0.319 e. The van der Waals surface area contributed by atoms with E-state index in [0.717, 1.165) is 6.42 Å². The second-order valence-electron chi connectivity index (χ2n) is 4.75. The van der Waals surface area contributed by atoms with Gasteiger partial charge in [0.25, 0.3) is 0 Å². The van der Waals surface area contributed by atoms with Gasteiger partial charge in [-0.05, 0) is 31.0 Å². The number of hydrogen-bond donors (Lipinski definition) is 2. The molecule has 2 N–H and O–H groups in total. The van der Waals surface area contributed by atoms with Crippen LogP contribution in [-0.4, -0.2) is 18.4 Å². The van der Waals surface area contributed by atoms with E-state index in [1.165, 1.54) is 12.5 Å². The molecule has 108 valence electrons. The molecule has 0 aromatic heterocycles. The van der Waals surface area contributed by atoms with Crippen LogP contribution in [0, 0.1) is 0 Å². The first-order valence-corrected chi connectivity index (χ1v) is 6.85. The molecule has 0 aliphatic heterocycles. The number of carbonyl (C=O) groups is 2. The minimum atomic E-state index is -0.272. The fourth-order valence-corrected chi connectivity index (χ4v) is 1.96. The number of rotatable bonds is 5. The van der Waals surface area contributed by atoms with Gasteiger partial charge in [-0.1, -0.05) is 42.5 Å². The van der Waals surface area contributed by atoms with E-state index >= 15 is 0 Å². The van der Waals surface area contributed by atoms with Gasteiger partial charge in [0.15, 0.2) is 5.78 Å². The number of benzene rings is 2. The molecule has 0 heterocycles. The summed E-state index contributed by atoms with van der Waals surface area (Å²) in [5.41, 5.74) is 2.37. The van der Waals surface area contributed by atoms with Crippen LogP contribution >= 0.6 is 0 Å². The molecule has 0 saturated heterocycles. The maximum atomic E-state index is 11.8. The zero-order chi connectivity index (χ0) is 15.1.